The molecule has 172 valence electrons. The number of hydroxylamine groups is 2. The Morgan fingerprint density at radius 3 is 2.62 bits per heavy atom. The minimum Gasteiger partial charge on any atom is -0.492 e. The van der Waals surface area contributed by atoms with Crippen molar-refractivity contribution in [1.29, 1.82) is 5.26 Å². The Kier molecular flexibility index (Phi) is 5.95. The first-order valence-corrected chi connectivity index (χ1v) is 11.7. The summed E-state index contributed by atoms with van der Waals surface area (Å²) in [5, 5.41) is 10.9. The van der Waals surface area contributed by atoms with E-state index in [1.54, 1.807) is 13.1 Å². The van der Waals surface area contributed by atoms with Gasteiger partial charge in [-0.2, -0.15) is 5.26 Å². The number of nitriles is 1. The molecule has 2 aliphatic heterocycles. The Hall–Kier alpha value is -3.82. The van der Waals surface area contributed by atoms with E-state index in [0.29, 0.717) is 30.5 Å². The van der Waals surface area contributed by atoms with Crippen LogP contribution in [-0.2, 0) is 10.6 Å². The van der Waals surface area contributed by atoms with E-state index in [2.05, 4.69) is 36.4 Å². The fraction of sp³-hybridized carbons (Fsp3) is 0.286. The first kappa shape index (κ1) is 22.0. The number of guanidine groups is 1. The van der Waals surface area contributed by atoms with E-state index in [1.807, 2.05) is 36.4 Å². The van der Waals surface area contributed by atoms with Crippen LogP contribution in [0.5, 0.6) is 5.75 Å². The van der Waals surface area contributed by atoms with E-state index < -0.39 is 5.72 Å². The van der Waals surface area contributed by atoms with E-state index in [9.17, 15) is 5.26 Å². The number of nitrogens with zero attached hydrogens (tertiary/aromatic N) is 3. The second-order valence-electron chi connectivity index (χ2n) is 8.91. The first-order valence-electron chi connectivity index (χ1n) is 11.7. The van der Waals surface area contributed by atoms with Crippen LogP contribution in [0, 0.1) is 11.3 Å². The summed E-state index contributed by atoms with van der Waals surface area (Å²) in [6.07, 6.45) is 3.70. The SMILES string of the molecule is CN1OC2(CCCCC(c3ccccc3)COc3ccc(-c4cccc(C#N)c4)cc32)N=C1N. The number of hydrogen-bond donors (Lipinski definition) is 1. The molecule has 6 heteroatoms. The fourth-order valence-electron chi connectivity index (χ4n) is 4.82. The van der Waals surface area contributed by atoms with E-state index in [4.69, 9.17) is 20.3 Å². The van der Waals surface area contributed by atoms with E-state index in [1.165, 1.54) is 10.6 Å². The molecule has 0 aliphatic carbocycles. The van der Waals surface area contributed by atoms with Crippen molar-refractivity contribution < 1.29 is 9.57 Å². The van der Waals surface area contributed by atoms with Crippen molar-refractivity contribution in [2.24, 2.45) is 10.7 Å². The van der Waals surface area contributed by atoms with Gasteiger partial charge in [0.15, 0.2) is 0 Å². The molecule has 0 saturated carbocycles. The van der Waals surface area contributed by atoms with Gasteiger partial charge in [-0.05, 0) is 53.8 Å². The molecule has 0 fully saturated rings. The quantitative estimate of drug-likeness (QED) is 0.570. The second-order valence-corrected chi connectivity index (χ2v) is 8.91. The summed E-state index contributed by atoms with van der Waals surface area (Å²) in [4.78, 5) is 11.1. The van der Waals surface area contributed by atoms with Gasteiger partial charge in [0.05, 0.1) is 23.8 Å². The monoisotopic (exact) mass is 452 g/mol. The predicted octanol–water partition coefficient (Wildman–Crippen LogP) is 5.31. The molecule has 34 heavy (non-hydrogen) atoms. The molecule has 2 atom stereocenters. The number of benzene rings is 3. The number of hydrogen-bond acceptors (Lipinski definition) is 6. The smallest absolute Gasteiger partial charge is 0.218 e. The predicted molar refractivity (Wildman–Crippen MR) is 132 cm³/mol. The number of rotatable bonds is 2. The molecular weight excluding hydrogens is 424 g/mol. The Bertz CT molecular complexity index is 1250. The van der Waals surface area contributed by atoms with Gasteiger partial charge in [0, 0.05) is 19.4 Å². The third-order valence-corrected chi connectivity index (χ3v) is 6.66. The maximum Gasteiger partial charge on any atom is 0.218 e. The summed E-state index contributed by atoms with van der Waals surface area (Å²) in [5.41, 5.74) is 9.93. The topological polar surface area (TPSA) is 83.9 Å². The number of aliphatic imine (C=N–C) groups is 1. The van der Waals surface area contributed by atoms with Crippen LogP contribution < -0.4 is 10.5 Å². The third-order valence-electron chi connectivity index (χ3n) is 6.66. The zero-order chi connectivity index (χ0) is 23.5. The van der Waals surface area contributed by atoms with Gasteiger partial charge in [0.25, 0.3) is 0 Å². The van der Waals surface area contributed by atoms with E-state index in [-0.39, 0.29) is 0 Å². The van der Waals surface area contributed by atoms with Crippen LogP contribution in [0.25, 0.3) is 11.1 Å². The largest absolute Gasteiger partial charge is 0.492 e. The summed E-state index contributed by atoms with van der Waals surface area (Å²) < 4.78 is 6.46. The highest BCUT2D eigenvalue weighted by atomic mass is 16.7. The highest BCUT2D eigenvalue weighted by molar-refractivity contribution is 5.79. The fourth-order valence-corrected chi connectivity index (χ4v) is 4.82. The van der Waals surface area contributed by atoms with Crippen molar-refractivity contribution in [3.8, 4) is 22.9 Å². The summed E-state index contributed by atoms with van der Waals surface area (Å²) in [7, 11) is 1.78. The lowest BCUT2D eigenvalue weighted by molar-refractivity contribution is -0.177. The second kappa shape index (κ2) is 9.20. The molecule has 3 aromatic carbocycles. The van der Waals surface area contributed by atoms with Crippen molar-refractivity contribution >= 4 is 5.96 Å². The molecule has 3 aromatic rings. The summed E-state index contributed by atoms with van der Waals surface area (Å²) in [6, 6.07) is 26.5. The Morgan fingerprint density at radius 1 is 1.03 bits per heavy atom. The van der Waals surface area contributed by atoms with Crippen molar-refractivity contribution in [2.75, 3.05) is 13.7 Å². The Balaban J connectivity index is 1.58. The third kappa shape index (κ3) is 4.23. The maximum atomic E-state index is 9.34. The average Bonchev–Trinajstić information content (AvgIpc) is 3.17. The standard InChI is InChI=1S/C28H28N4O2/c1-32-27(30)31-28(34-32)15-6-5-11-24(21-9-3-2-4-10-21)19-33-26-14-13-23(17-25(26)28)22-12-7-8-20(16-22)18-29/h2-4,7-10,12-14,16-17,24H,5-6,11,15,19H2,1H3,(H2,30,31). The van der Waals surface area contributed by atoms with Gasteiger partial charge in [0.1, 0.15) is 5.75 Å². The lowest BCUT2D eigenvalue weighted by atomic mass is 9.89. The van der Waals surface area contributed by atoms with Gasteiger partial charge < -0.3 is 10.5 Å². The number of ether oxygens (including phenoxy) is 1. The first-order chi connectivity index (χ1) is 16.6. The highest BCUT2D eigenvalue weighted by Gasteiger charge is 2.43. The van der Waals surface area contributed by atoms with Gasteiger partial charge in [-0.15, -0.1) is 0 Å². The minimum absolute atomic E-state index is 0.316. The van der Waals surface area contributed by atoms with E-state index >= 15 is 0 Å². The van der Waals surface area contributed by atoms with E-state index in [0.717, 1.165) is 41.7 Å². The lowest BCUT2D eigenvalue weighted by Gasteiger charge is -2.31. The summed E-state index contributed by atoms with van der Waals surface area (Å²) in [5.74, 6) is 1.41. The van der Waals surface area contributed by atoms with Crippen LogP contribution in [0.1, 0.15) is 48.3 Å². The normalized spacial score (nSPS) is 22.4. The molecule has 0 saturated heterocycles. The van der Waals surface area contributed by atoms with Crippen LogP contribution in [0.2, 0.25) is 0 Å². The van der Waals surface area contributed by atoms with Crippen molar-refractivity contribution in [2.45, 2.75) is 37.3 Å². The molecule has 1 spiro atoms. The Morgan fingerprint density at radius 2 is 1.85 bits per heavy atom. The molecule has 6 nitrogen and oxygen atoms in total. The van der Waals surface area contributed by atoms with Gasteiger partial charge in [-0.1, -0.05) is 55.0 Å². The maximum absolute atomic E-state index is 9.34. The van der Waals surface area contributed by atoms with Gasteiger partial charge in [0.2, 0.25) is 11.7 Å². The average molecular weight is 453 g/mol. The zero-order valence-corrected chi connectivity index (χ0v) is 19.3. The molecule has 2 N–H and O–H groups in total. The molecule has 2 heterocycles. The van der Waals surface area contributed by atoms with Crippen LogP contribution in [-0.4, -0.2) is 24.7 Å². The zero-order valence-electron chi connectivity index (χ0n) is 19.3. The lowest BCUT2D eigenvalue weighted by Crippen LogP contribution is -2.32. The molecular formula is C28H28N4O2. The Labute approximate surface area is 200 Å². The molecule has 2 unspecified atom stereocenters. The minimum atomic E-state index is -0.934. The van der Waals surface area contributed by atoms with Crippen LogP contribution in [0.4, 0.5) is 0 Å². The van der Waals surface area contributed by atoms with Crippen molar-refractivity contribution in [3.63, 3.8) is 0 Å². The summed E-state index contributed by atoms with van der Waals surface area (Å²) in [6.45, 7) is 0.575. The molecule has 0 aromatic heterocycles. The van der Waals surface area contributed by atoms with Crippen LogP contribution >= 0.6 is 0 Å². The van der Waals surface area contributed by atoms with Gasteiger partial charge in [-0.25, -0.2) is 14.9 Å². The van der Waals surface area contributed by atoms with Crippen LogP contribution in [0.15, 0.2) is 77.8 Å². The van der Waals surface area contributed by atoms with Crippen molar-refractivity contribution in [3.05, 3.63) is 89.5 Å². The molecule has 0 radical (unpaired) electrons. The molecule has 0 amide bonds. The molecule has 5 rings (SSSR count). The van der Waals surface area contributed by atoms with Gasteiger partial charge >= 0.3 is 0 Å². The van der Waals surface area contributed by atoms with Gasteiger partial charge in [-0.3, -0.25) is 0 Å². The molecule has 2 aliphatic rings. The highest BCUT2D eigenvalue weighted by Crippen LogP contribution is 2.45. The van der Waals surface area contributed by atoms with Crippen LogP contribution in [0.3, 0.4) is 0 Å². The number of nitrogens with two attached hydrogens (primary N) is 1. The molecule has 0 bridgehead atoms. The van der Waals surface area contributed by atoms with Crippen molar-refractivity contribution in [1.82, 2.24) is 5.06 Å². The number of fused-ring (bicyclic) bond motifs is 2. The summed E-state index contributed by atoms with van der Waals surface area (Å²) >= 11 is 0.